The van der Waals surface area contributed by atoms with E-state index in [1.54, 1.807) is 0 Å². The molecule has 7 heteroatoms. The lowest BCUT2D eigenvalue weighted by molar-refractivity contribution is -0.121. The Hall–Kier alpha value is -1.92. The highest BCUT2D eigenvalue weighted by Crippen LogP contribution is 2.21. The molecule has 24 heavy (non-hydrogen) atoms. The summed E-state index contributed by atoms with van der Waals surface area (Å²) in [7, 11) is 0. The predicted molar refractivity (Wildman–Crippen MR) is 91.5 cm³/mol. The van der Waals surface area contributed by atoms with Crippen LogP contribution in [-0.4, -0.2) is 40.1 Å². The second-order valence-corrected chi connectivity index (χ2v) is 6.43. The lowest BCUT2D eigenvalue weighted by atomic mass is 10.0. The highest BCUT2D eigenvalue weighted by atomic mass is 35.5. The van der Waals surface area contributed by atoms with Gasteiger partial charge in [0.25, 0.3) is 0 Å². The van der Waals surface area contributed by atoms with Crippen LogP contribution in [0.4, 0.5) is 0 Å². The summed E-state index contributed by atoms with van der Waals surface area (Å²) in [6, 6.07) is 7.68. The van der Waals surface area contributed by atoms with Crippen LogP contribution in [0, 0.1) is 0 Å². The standard InChI is InChI=1S/C17H21ClN4O2/c1-2-15(23)19-14-6-8-22(9-7-14)11-16-20-17(21-24-16)12-4-3-5-13(18)10-12/h3-5,10,14H,2,6-9,11H2,1H3,(H,19,23). The Morgan fingerprint density at radius 3 is 2.92 bits per heavy atom. The van der Waals surface area contributed by atoms with Crippen LogP contribution in [0.3, 0.4) is 0 Å². The highest BCUT2D eigenvalue weighted by Gasteiger charge is 2.22. The number of amides is 1. The molecule has 1 N–H and O–H groups in total. The number of carbonyl (C=O) groups excluding carboxylic acids is 1. The van der Waals surface area contributed by atoms with Crippen LogP contribution in [0.15, 0.2) is 28.8 Å². The van der Waals surface area contributed by atoms with Crippen molar-refractivity contribution in [1.29, 1.82) is 0 Å². The molecule has 2 heterocycles. The summed E-state index contributed by atoms with van der Waals surface area (Å²) in [5, 5.41) is 7.73. The molecule has 0 unspecified atom stereocenters. The third-order valence-corrected chi connectivity index (χ3v) is 4.42. The number of likely N-dealkylation sites (tertiary alicyclic amines) is 1. The zero-order valence-corrected chi connectivity index (χ0v) is 14.4. The number of hydrogen-bond acceptors (Lipinski definition) is 5. The first-order valence-corrected chi connectivity index (χ1v) is 8.62. The molecule has 1 aromatic carbocycles. The summed E-state index contributed by atoms with van der Waals surface area (Å²) in [6.07, 6.45) is 2.43. The van der Waals surface area contributed by atoms with Gasteiger partial charge in [-0.15, -0.1) is 0 Å². The largest absolute Gasteiger partial charge is 0.353 e. The van der Waals surface area contributed by atoms with Gasteiger partial charge in [0.15, 0.2) is 0 Å². The average Bonchev–Trinajstić information content (AvgIpc) is 3.05. The van der Waals surface area contributed by atoms with Crippen LogP contribution in [-0.2, 0) is 11.3 Å². The Morgan fingerprint density at radius 1 is 1.42 bits per heavy atom. The molecule has 2 aromatic rings. The zero-order chi connectivity index (χ0) is 16.9. The third-order valence-electron chi connectivity index (χ3n) is 4.18. The fourth-order valence-corrected chi connectivity index (χ4v) is 3.01. The Bertz CT molecular complexity index is 695. The quantitative estimate of drug-likeness (QED) is 0.899. The van der Waals surface area contributed by atoms with Gasteiger partial charge in [-0.1, -0.05) is 35.8 Å². The van der Waals surface area contributed by atoms with Crippen LogP contribution in [0.1, 0.15) is 32.1 Å². The molecule has 0 spiro atoms. The van der Waals surface area contributed by atoms with Crippen LogP contribution in [0.2, 0.25) is 5.02 Å². The average molecular weight is 349 g/mol. The van der Waals surface area contributed by atoms with Crippen molar-refractivity contribution < 1.29 is 9.32 Å². The van der Waals surface area contributed by atoms with Gasteiger partial charge < -0.3 is 9.84 Å². The first kappa shape index (κ1) is 16.9. The molecule has 1 aromatic heterocycles. The molecule has 0 radical (unpaired) electrons. The van der Waals surface area contributed by atoms with Gasteiger partial charge in [0, 0.05) is 36.1 Å². The molecule has 1 saturated heterocycles. The summed E-state index contributed by atoms with van der Waals surface area (Å²) < 4.78 is 5.35. The first-order chi connectivity index (χ1) is 11.6. The minimum atomic E-state index is 0.122. The monoisotopic (exact) mass is 348 g/mol. The number of benzene rings is 1. The van der Waals surface area contributed by atoms with Gasteiger partial charge in [-0.3, -0.25) is 9.69 Å². The van der Waals surface area contributed by atoms with Crippen molar-refractivity contribution in [3.05, 3.63) is 35.2 Å². The fraction of sp³-hybridized carbons (Fsp3) is 0.471. The molecule has 0 saturated carbocycles. The Labute approximate surface area is 146 Å². The number of halogens is 1. The van der Waals surface area contributed by atoms with E-state index in [0.29, 0.717) is 29.7 Å². The van der Waals surface area contributed by atoms with E-state index in [4.69, 9.17) is 16.1 Å². The predicted octanol–water partition coefficient (Wildman–Crippen LogP) is 2.88. The van der Waals surface area contributed by atoms with E-state index in [1.165, 1.54) is 0 Å². The van der Waals surface area contributed by atoms with Gasteiger partial charge >= 0.3 is 0 Å². The highest BCUT2D eigenvalue weighted by molar-refractivity contribution is 6.30. The van der Waals surface area contributed by atoms with E-state index < -0.39 is 0 Å². The van der Waals surface area contributed by atoms with Gasteiger partial charge in [-0.05, 0) is 25.0 Å². The molecule has 6 nitrogen and oxygen atoms in total. The number of nitrogens with one attached hydrogen (secondary N) is 1. The molecule has 1 aliphatic rings. The number of aromatic nitrogens is 2. The van der Waals surface area contributed by atoms with Gasteiger partial charge in [-0.25, -0.2) is 0 Å². The summed E-state index contributed by atoms with van der Waals surface area (Å²) >= 11 is 5.99. The topological polar surface area (TPSA) is 71.3 Å². The van der Waals surface area contributed by atoms with E-state index in [-0.39, 0.29) is 11.9 Å². The van der Waals surface area contributed by atoms with E-state index >= 15 is 0 Å². The van der Waals surface area contributed by atoms with Crippen molar-refractivity contribution >= 4 is 17.5 Å². The van der Waals surface area contributed by atoms with Crippen molar-refractivity contribution in [2.75, 3.05) is 13.1 Å². The number of hydrogen-bond donors (Lipinski definition) is 1. The number of carbonyl (C=O) groups is 1. The van der Waals surface area contributed by atoms with E-state index in [9.17, 15) is 4.79 Å². The normalized spacial score (nSPS) is 16.2. The van der Waals surface area contributed by atoms with Crippen molar-refractivity contribution in [3.8, 4) is 11.4 Å². The van der Waals surface area contributed by atoms with Crippen LogP contribution >= 0.6 is 11.6 Å². The van der Waals surface area contributed by atoms with E-state index in [0.717, 1.165) is 31.5 Å². The maximum absolute atomic E-state index is 11.4. The van der Waals surface area contributed by atoms with Crippen molar-refractivity contribution in [1.82, 2.24) is 20.4 Å². The van der Waals surface area contributed by atoms with Crippen molar-refractivity contribution in [2.45, 2.75) is 38.8 Å². The Morgan fingerprint density at radius 2 is 2.21 bits per heavy atom. The van der Waals surface area contributed by atoms with E-state index in [2.05, 4.69) is 20.4 Å². The smallest absolute Gasteiger partial charge is 0.241 e. The van der Waals surface area contributed by atoms with Gasteiger partial charge in [0.05, 0.1) is 6.54 Å². The molecule has 128 valence electrons. The second-order valence-electron chi connectivity index (χ2n) is 5.99. The minimum absolute atomic E-state index is 0.122. The van der Waals surface area contributed by atoms with Crippen LogP contribution in [0.25, 0.3) is 11.4 Å². The first-order valence-electron chi connectivity index (χ1n) is 8.24. The summed E-state index contributed by atoms with van der Waals surface area (Å²) in [4.78, 5) is 18.2. The molecule has 0 bridgehead atoms. The van der Waals surface area contributed by atoms with Gasteiger partial charge in [0.2, 0.25) is 17.6 Å². The van der Waals surface area contributed by atoms with Gasteiger partial charge in [-0.2, -0.15) is 4.98 Å². The lowest BCUT2D eigenvalue weighted by Gasteiger charge is -2.31. The molecular weight excluding hydrogens is 328 g/mol. The zero-order valence-electron chi connectivity index (χ0n) is 13.7. The summed E-state index contributed by atoms with van der Waals surface area (Å²) in [5.41, 5.74) is 0.846. The summed E-state index contributed by atoms with van der Waals surface area (Å²) in [6.45, 7) is 4.31. The van der Waals surface area contributed by atoms with Crippen LogP contribution < -0.4 is 5.32 Å². The minimum Gasteiger partial charge on any atom is -0.353 e. The third kappa shape index (κ3) is 4.33. The lowest BCUT2D eigenvalue weighted by Crippen LogP contribution is -2.44. The Kier molecular flexibility index (Phi) is 5.48. The summed E-state index contributed by atoms with van der Waals surface area (Å²) in [5.74, 6) is 1.27. The molecule has 0 atom stereocenters. The molecule has 1 aliphatic heterocycles. The van der Waals surface area contributed by atoms with Crippen LogP contribution in [0.5, 0.6) is 0 Å². The van der Waals surface area contributed by atoms with E-state index in [1.807, 2.05) is 31.2 Å². The molecule has 1 amide bonds. The van der Waals surface area contributed by atoms with Gasteiger partial charge in [0.1, 0.15) is 0 Å². The number of nitrogens with zero attached hydrogens (tertiary/aromatic N) is 3. The molecular formula is C17H21ClN4O2. The fourth-order valence-electron chi connectivity index (χ4n) is 2.82. The number of piperidine rings is 1. The molecule has 1 fully saturated rings. The maximum Gasteiger partial charge on any atom is 0.241 e. The molecule has 3 rings (SSSR count). The molecule has 0 aliphatic carbocycles. The van der Waals surface area contributed by atoms with Crippen molar-refractivity contribution in [2.24, 2.45) is 0 Å². The maximum atomic E-state index is 11.4. The number of rotatable bonds is 5. The Balaban J connectivity index is 1.54. The van der Waals surface area contributed by atoms with Crippen molar-refractivity contribution in [3.63, 3.8) is 0 Å². The SMILES string of the molecule is CCC(=O)NC1CCN(Cc2nc(-c3cccc(Cl)c3)no2)CC1. The second kappa shape index (κ2) is 7.77.